The molecule has 0 atom stereocenters. The van der Waals surface area contributed by atoms with Gasteiger partial charge in [-0.3, -0.25) is 0 Å². The summed E-state index contributed by atoms with van der Waals surface area (Å²) in [6.07, 6.45) is -4.44. The molecule has 0 spiro atoms. The summed E-state index contributed by atoms with van der Waals surface area (Å²) in [5.41, 5.74) is 0.786. The Morgan fingerprint density at radius 2 is 1.59 bits per heavy atom. The van der Waals surface area contributed by atoms with Crippen LogP contribution in [0.2, 0.25) is 0 Å². The summed E-state index contributed by atoms with van der Waals surface area (Å²) in [5, 5.41) is 4.23. The van der Waals surface area contributed by atoms with Crippen molar-refractivity contribution < 1.29 is 17.9 Å². The second-order valence-electron chi connectivity index (χ2n) is 7.29. The molecular weight excluding hydrogens is 419 g/mol. The van der Waals surface area contributed by atoms with E-state index in [1.54, 1.807) is 31.2 Å². The molecule has 1 aromatic heterocycles. The van der Waals surface area contributed by atoms with Gasteiger partial charge in [-0.05, 0) is 54.4 Å². The first-order chi connectivity index (χ1) is 15.3. The van der Waals surface area contributed by atoms with E-state index in [1.807, 2.05) is 30.3 Å². The smallest absolute Gasteiger partial charge is 0.416 e. The van der Waals surface area contributed by atoms with Gasteiger partial charge in [0.25, 0.3) is 0 Å². The average Bonchev–Trinajstić information content (AvgIpc) is 3.06. The van der Waals surface area contributed by atoms with Gasteiger partial charge in [0.05, 0.1) is 17.8 Å². The fraction of sp³-hybridized carbons (Fsp3) is 0.167. The zero-order chi connectivity index (χ0) is 22.7. The molecule has 1 heterocycles. The Labute approximate surface area is 182 Å². The molecule has 0 aliphatic rings. The van der Waals surface area contributed by atoms with Crippen molar-refractivity contribution in [2.75, 3.05) is 0 Å². The molecule has 4 aromatic rings. The fourth-order valence-electron chi connectivity index (χ4n) is 3.37. The minimum Gasteiger partial charge on any atom is -0.489 e. The van der Waals surface area contributed by atoms with Crippen molar-refractivity contribution in [1.29, 1.82) is 0 Å². The van der Waals surface area contributed by atoms with Gasteiger partial charge in [0, 0.05) is 0 Å². The number of halogens is 3. The van der Waals surface area contributed by atoms with Gasteiger partial charge in [-0.25, -0.2) is 14.0 Å². The second kappa shape index (κ2) is 8.74. The molecule has 0 amide bonds. The van der Waals surface area contributed by atoms with Crippen molar-refractivity contribution in [3.63, 3.8) is 0 Å². The largest absolute Gasteiger partial charge is 0.489 e. The summed E-state index contributed by atoms with van der Waals surface area (Å²) in [6, 6.07) is 21.6. The van der Waals surface area contributed by atoms with Crippen LogP contribution in [0.15, 0.2) is 83.7 Å². The lowest BCUT2D eigenvalue weighted by Crippen LogP contribution is -2.24. The minimum absolute atomic E-state index is 0.0607. The van der Waals surface area contributed by atoms with Gasteiger partial charge in [0.1, 0.15) is 18.2 Å². The van der Waals surface area contributed by atoms with E-state index in [2.05, 4.69) is 5.10 Å². The maximum absolute atomic E-state index is 13.0. The third-order valence-electron chi connectivity index (χ3n) is 4.93. The molecular formula is C24H20F3N3O2. The van der Waals surface area contributed by atoms with Crippen LogP contribution in [0, 0.1) is 6.92 Å². The van der Waals surface area contributed by atoms with Crippen LogP contribution in [0.1, 0.15) is 22.5 Å². The van der Waals surface area contributed by atoms with E-state index in [-0.39, 0.29) is 6.54 Å². The Bertz CT molecular complexity index is 1260. The van der Waals surface area contributed by atoms with Crippen LogP contribution in [0.25, 0.3) is 5.69 Å². The number of benzene rings is 3. The topological polar surface area (TPSA) is 49.0 Å². The minimum atomic E-state index is -4.44. The van der Waals surface area contributed by atoms with Gasteiger partial charge < -0.3 is 4.74 Å². The van der Waals surface area contributed by atoms with Gasteiger partial charge >= 0.3 is 11.9 Å². The van der Waals surface area contributed by atoms with E-state index in [0.717, 1.165) is 22.4 Å². The lowest BCUT2D eigenvalue weighted by Gasteiger charge is -2.08. The van der Waals surface area contributed by atoms with E-state index in [4.69, 9.17) is 4.74 Å². The van der Waals surface area contributed by atoms with E-state index in [0.29, 0.717) is 29.4 Å². The Balaban J connectivity index is 1.52. The molecule has 4 rings (SSSR count). The lowest BCUT2D eigenvalue weighted by molar-refractivity contribution is -0.137. The molecule has 0 fully saturated rings. The van der Waals surface area contributed by atoms with Crippen LogP contribution in [0.5, 0.6) is 5.75 Å². The van der Waals surface area contributed by atoms with E-state index in [1.165, 1.54) is 16.7 Å². The normalized spacial score (nSPS) is 11.5. The predicted octanol–water partition coefficient (Wildman–Crippen LogP) is 4.99. The number of alkyl halides is 3. The lowest BCUT2D eigenvalue weighted by atomic mass is 10.1. The standard InChI is InChI=1S/C24H20F3N3O2/c1-17-28-29(15-19-8-5-9-20(14-19)24(25,26)27)23(31)30(17)21-10-12-22(13-11-21)32-16-18-6-3-2-4-7-18/h2-14H,15-16H2,1H3. The zero-order valence-electron chi connectivity index (χ0n) is 17.2. The van der Waals surface area contributed by atoms with Gasteiger partial charge in [-0.15, -0.1) is 0 Å². The van der Waals surface area contributed by atoms with Gasteiger partial charge in [-0.1, -0.05) is 42.5 Å². The molecule has 0 aliphatic heterocycles. The molecule has 0 radical (unpaired) electrons. The molecule has 0 bridgehead atoms. The molecule has 0 saturated carbocycles. The van der Waals surface area contributed by atoms with E-state index >= 15 is 0 Å². The fourth-order valence-corrected chi connectivity index (χ4v) is 3.37. The Morgan fingerprint density at radius 3 is 2.28 bits per heavy atom. The second-order valence-corrected chi connectivity index (χ2v) is 7.29. The van der Waals surface area contributed by atoms with E-state index < -0.39 is 17.4 Å². The van der Waals surface area contributed by atoms with Crippen molar-refractivity contribution in [1.82, 2.24) is 14.3 Å². The molecule has 0 saturated heterocycles. The molecule has 164 valence electrons. The summed E-state index contributed by atoms with van der Waals surface area (Å²) >= 11 is 0. The number of hydrogen-bond acceptors (Lipinski definition) is 3. The first-order valence-electron chi connectivity index (χ1n) is 9.91. The number of aryl methyl sites for hydroxylation is 1. The maximum atomic E-state index is 13.0. The van der Waals surface area contributed by atoms with Crippen molar-refractivity contribution >= 4 is 0 Å². The number of rotatable bonds is 6. The highest BCUT2D eigenvalue weighted by atomic mass is 19.4. The highest BCUT2D eigenvalue weighted by Gasteiger charge is 2.30. The number of ether oxygens (including phenoxy) is 1. The summed E-state index contributed by atoms with van der Waals surface area (Å²) in [6.45, 7) is 2.03. The quantitative estimate of drug-likeness (QED) is 0.425. The monoisotopic (exact) mass is 439 g/mol. The molecule has 0 unspecified atom stereocenters. The SMILES string of the molecule is Cc1nn(Cc2cccc(C(F)(F)F)c2)c(=O)n1-c1ccc(OCc2ccccc2)cc1. The summed E-state index contributed by atoms with van der Waals surface area (Å²) in [4.78, 5) is 12.9. The third kappa shape index (κ3) is 4.74. The van der Waals surface area contributed by atoms with Crippen LogP contribution < -0.4 is 10.4 Å². The van der Waals surface area contributed by atoms with Crippen molar-refractivity contribution in [2.24, 2.45) is 0 Å². The van der Waals surface area contributed by atoms with Crippen molar-refractivity contribution in [2.45, 2.75) is 26.3 Å². The Morgan fingerprint density at radius 1 is 0.906 bits per heavy atom. The predicted molar refractivity (Wildman–Crippen MR) is 114 cm³/mol. The van der Waals surface area contributed by atoms with Gasteiger partial charge in [0.2, 0.25) is 0 Å². The highest BCUT2D eigenvalue weighted by Crippen LogP contribution is 2.29. The van der Waals surface area contributed by atoms with Crippen molar-refractivity contribution in [3.05, 3.63) is 112 Å². The Hall–Kier alpha value is -3.81. The molecule has 8 heteroatoms. The third-order valence-corrected chi connectivity index (χ3v) is 4.93. The summed E-state index contributed by atoms with van der Waals surface area (Å²) in [5.74, 6) is 1.08. The maximum Gasteiger partial charge on any atom is 0.416 e. The molecule has 0 N–H and O–H groups in total. The molecule has 3 aromatic carbocycles. The first-order valence-corrected chi connectivity index (χ1v) is 9.91. The average molecular weight is 439 g/mol. The zero-order valence-corrected chi connectivity index (χ0v) is 17.2. The van der Waals surface area contributed by atoms with Crippen LogP contribution in [-0.4, -0.2) is 14.3 Å². The number of nitrogens with zero attached hydrogens (tertiary/aromatic N) is 3. The number of aromatic nitrogens is 3. The molecule has 5 nitrogen and oxygen atoms in total. The summed E-state index contributed by atoms with van der Waals surface area (Å²) < 4.78 is 47.2. The molecule has 32 heavy (non-hydrogen) atoms. The number of hydrogen-bond donors (Lipinski definition) is 0. The van der Waals surface area contributed by atoms with Crippen LogP contribution in [-0.2, 0) is 19.3 Å². The van der Waals surface area contributed by atoms with Crippen LogP contribution >= 0.6 is 0 Å². The highest BCUT2D eigenvalue weighted by molar-refractivity contribution is 5.38. The summed E-state index contributed by atoms with van der Waals surface area (Å²) in [7, 11) is 0. The van der Waals surface area contributed by atoms with Gasteiger partial charge in [-0.2, -0.15) is 18.3 Å². The van der Waals surface area contributed by atoms with Crippen LogP contribution in [0.3, 0.4) is 0 Å². The Kier molecular flexibility index (Phi) is 5.85. The first kappa shape index (κ1) is 21.4. The van der Waals surface area contributed by atoms with E-state index in [9.17, 15) is 18.0 Å². The molecule has 0 aliphatic carbocycles. The van der Waals surface area contributed by atoms with Crippen molar-refractivity contribution in [3.8, 4) is 11.4 Å². The van der Waals surface area contributed by atoms with Gasteiger partial charge in [0.15, 0.2) is 0 Å². The van der Waals surface area contributed by atoms with Crippen LogP contribution in [0.4, 0.5) is 13.2 Å².